The van der Waals surface area contributed by atoms with Crippen molar-refractivity contribution < 1.29 is 14.5 Å². The molecule has 0 saturated heterocycles. The lowest BCUT2D eigenvalue weighted by atomic mass is 9.55. The second-order valence-corrected chi connectivity index (χ2v) is 5.63. The van der Waals surface area contributed by atoms with Gasteiger partial charge in [-0.05, 0) is 31.6 Å². The average molecular weight is 255 g/mol. The van der Waals surface area contributed by atoms with E-state index < -0.39 is 5.60 Å². The van der Waals surface area contributed by atoms with Crippen molar-refractivity contribution in [3.05, 3.63) is 10.1 Å². The molecule has 0 radical (unpaired) electrons. The number of nitrogens with zero attached hydrogens (tertiary/aromatic N) is 1. The van der Waals surface area contributed by atoms with Gasteiger partial charge in [-0.25, -0.2) is 0 Å². The molecule has 0 aromatic carbocycles. The number of hydrogen-bond donors (Lipinski definition) is 0. The first-order valence-corrected chi connectivity index (χ1v) is 6.91. The number of carbonyl (C=O) groups excluding carboxylic acids is 1. The molecule has 102 valence electrons. The molecule has 2 rings (SSSR count). The Morgan fingerprint density at radius 1 is 1.44 bits per heavy atom. The lowest BCUT2D eigenvalue weighted by Crippen LogP contribution is -2.61. The average Bonchev–Trinajstić information content (AvgIpc) is 2.27. The van der Waals surface area contributed by atoms with Gasteiger partial charge in [0.1, 0.15) is 0 Å². The number of fused-ring (bicyclic) bond motifs is 1. The lowest BCUT2D eigenvalue weighted by Gasteiger charge is -2.53. The Bertz CT molecular complexity index is 344. The molecule has 0 bridgehead atoms. The van der Waals surface area contributed by atoms with E-state index in [1.807, 2.05) is 6.92 Å². The Kier molecular flexibility index (Phi) is 3.88. The van der Waals surface area contributed by atoms with E-state index in [-0.39, 0.29) is 23.4 Å². The van der Waals surface area contributed by atoms with Gasteiger partial charge in [0.2, 0.25) is 6.54 Å². The van der Waals surface area contributed by atoms with E-state index in [0.29, 0.717) is 18.8 Å². The quantitative estimate of drug-likeness (QED) is 0.430. The molecule has 0 aromatic rings. The predicted molar refractivity (Wildman–Crippen MR) is 65.7 cm³/mol. The molecule has 2 saturated carbocycles. The summed E-state index contributed by atoms with van der Waals surface area (Å²) in [5.41, 5.74) is -0.791. The van der Waals surface area contributed by atoms with Gasteiger partial charge in [0.25, 0.3) is 0 Å². The van der Waals surface area contributed by atoms with Crippen molar-refractivity contribution >= 4 is 5.97 Å². The molecule has 3 unspecified atom stereocenters. The third-order valence-corrected chi connectivity index (χ3v) is 4.36. The lowest BCUT2D eigenvalue weighted by molar-refractivity contribution is -0.511. The van der Waals surface area contributed by atoms with E-state index in [1.54, 1.807) is 0 Å². The zero-order chi connectivity index (χ0) is 13.2. The summed E-state index contributed by atoms with van der Waals surface area (Å²) in [6.45, 7) is 1.69. The van der Waals surface area contributed by atoms with Crippen LogP contribution in [0.2, 0.25) is 0 Å². The van der Waals surface area contributed by atoms with Crippen LogP contribution in [0.1, 0.15) is 51.9 Å². The maximum absolute atomic E-state index is 11.7. The van der Waals surface area contributed by atoms with Gasteiger partial charge in [0.15, 0.2) is 5.60 Å². The van der Waals surface area contributed by atoms with Crippen LogP contribution in [0.25, 0.3) is 0 Å². The van der Waals surface area contributed by atoms with Gasteiger partial charge in [-0.3, -0.25) is 14.9 Å². The molecule has 0 aliphatic heterocycles. The van der Waals surface area contributed by atoms with Crippen molar-refractivity contribution in [2.24, 2.45) is 11.8 Å². The summed E-state index contributed by atoms with van der Waals surface area (Å²) in [6, 6.07) is 0. The van der Waals surface area contributed by atoms with Crippen molar-refractivity contribution in [2.45, 2.75) is 57.5 Å². The van der Waals surface area contributed by atoms with Gasteiger partial charge in [0.05, 0.1) is 0 Å². The van der Waals surface area contributed by atoms with Crippen LogP contribution in [0.5, 0.6) is 0 Å². The maximum atomic E-state index is 11.7. The zero-order valence-electron chi connectivity index (χ0n) is 10.9. The molecule has 2 aliphatic rings. The highest BCUT2D eigenvalue weighted by Crippen LogP contribution is 2.54. The minimum absolute atomic E-state index is 0.219. The number of hydrogen-bond acceptors (Lipinski definition) is 4. The van der Waals surface area contributed by atoms with Crippen molar-refractivity contribution in [2.75, 3.05) is 6.54 Å². The Morgan fingerprint density at radius 3 is 2.78 bits per heavy atom. The van der Waals surface area contributed by atoms with Gasteiger partial charge in [0, 0.05) is 17.3 Å². The Labute approximate surface area is 107 Å². The first kappa shape index (κ1) is 13.3. The largest absolute Gasteiger partial charge is 0.452 e. The van der Waals surface area contributed by atoms with Crippen LogP contribution in [-0.4, -0.2) is 23.0 Å². The summed E-state index contributed by atoms with van der Waals surface area (Å²) in [4.78, 5) is 22.2. The van der Waals surface area contributed by atoms with Crippen LogP contribution in [0, 0.1) is 22.0 Å². The molecule has 0 N–H and O–H groups in total. The normalized spacial score (nSPS) is 34.3. The Balaban J connectivity index is 2.05. The number of carbonyl (C=O) groups is 1. The summed E-state index contributed by atoms with van der Waals surface area (Å²) in [5, 5.41) is 10.8. The monoisotopic (exact) mass is 255 g/mol. The molecule has 5 heteroatoms. The summed E-state index contributed by atoms with van der Waals surface area (Å²) in [6.07, 6.45) is 6.18. The van der Waals surface area contributed by atoms with Crippen molar-refractivity contribution in [1.29, 1.82) is 0 Å². The Morgan fingerprint density at radius 2 is 2.17 bits per heavy atom. The fourth-order valence-corrected chi connectivity index (χ4v) is 3.61. The predicted octanol–water partition coefficient (Wildman–Crippen LogP) is 2.56. The Hall–Kier alpha value is -1.13. The summed E-state index contributed by atoms with van der Waals surface area (Å²) < 4.78 is 5.51. The summed E-state index contributed by atoms with van der Waals surface area (Å²) >= 11 is 0. The van der Waals surface area contributed by atoms with Gasteiger partial charge in [-0.15, -0.1) is 0 Å². The van der Waals surface area contributed by atoms with Crippen molar-refractivity contribution in [3.8, 4) is 0 Å². The first-order valence-electron chi connectivity index (χ1n) is 6.91. The maximum Gasteiger partial charge on any atom is 0.306 e. The third kappa shape index (κ3) is 2.49. The van der Waals surface area contributed by atoms with Crippen molar-refractivity contribution in [1.82, 2.24) is 0 Å². The molecule has 0 spiro atoms. The molecule has 0 heterocycles. The van der Waals surface area contributed by atoms with Gasteiger partial charge < -0.3 is 4.74 Å². The van der Waals surface area contributed by atoms with E-state index in [0.717, 1.165) is 25.7 Å². The van der Waals surface area contributed by atoms with E-state index in [4.69, 9.17) is 4.74 Å². The molecule has 2 aliphatic carbocycles. The van der Waals surface area contributed by atoms with Crippen molar-refractivity contribution in [3.63, 3.8) is 0 Å². The highest BCUT2D eigenvalue weighted by molar-refractivity contribution is 5.70. The standard InChI is InChI=1S/C13H21NO4/c1-2-5-12(15)18-13(9-14(16)17)8-10-6-3-4-7-11(10)13/h10-11H,2-9H2,1H3. The van der Waals surface area contributed by atoms with E-state index in [9.17, 15) is 14.9 Å². The minimum Gasteiger partial charge on any atom is -0.452 e. The van der Waals surface area contributed by atoms with E-state index in [1.165, 1.54) is 6.42 Å². The molecule has 5 nitrogen and oxygen atoms in total. The van der Waals surface area contributed by atoms with Gasteiger partial charge in [-0.1, -0.05) is 19.8 Å². The molecule has 0 amide bonds. The first-order chi connectivity index (χ1) is 8.57. The van der Waals surface area contributed by atoms with Crippen LogP contribution in [0.15, 0.2) is 0 Å². The van der Waals surface area contributed by atoms with Crippen LogP contribution in [-0.2, 0) is 9.53 Å². The number of nitro groups is 1. The van der Waals surface area contributed by atoms with Crippen LogP contribution in [0.3, 0.4) is 0 Å². The highest BCUT2D eigenvalue weighted by Gasteiger charge is 2.60. The molecule has 3 atom stereocenters. The van der Waals surface area contributed by atoms with E-state index >= 15 is 0 Å². The molecular formula is C13H21NO4. The smallest absolute Gasteiger partial charge is 0.306 e. The molecule has 18 heavy (non-hydrogen) atoms. The van der Waals surface area contributed by atoms with Gasteiger partial charge in [-0.2, -0.15) is 0 Å². The van der Waals surface area contributed by atoms with Crippen LogP contribution in [0.4, 0.5) is 0 Å². The number of rotatable bonds is 5. The zero-order valence-corrected chi connectivity index (χ0v) is 10.9. The molecular weight excluding hydrogens is 234 g/mol. The SMILES string of the molecule is CCCC(=O)OC1(C[N+](=O)[O-])CC2CCCCC21. The van der Waals surface area contributed by atoms with Crippen LogP contribution < -0.4 is 0 Å². The summed E-state index contributed by atoms with van der Waals surface area (Å²) in [5.74, 6) is 0.481. The number of ether oxygens (including phenoxy) is 1. The number of esters is 1. The second kappa shape index (κ2) is 5.24. The van der Waals surface area contributed by atoms with Crippen LogP contribution >= 0.6 is 0 Å². The van der Waals surface area contributed by atoms with E-state index in [2.05, 4.69) is 0 Å². The summed E-state index contributed by atoms with van der Waals surface area (Å²) in [7, 11) is 0. The minimum atomic E-state index is -0.791. The fraction of sp³-hybridized carbons (Fsp3) is 0.923. The topological polar surface area (TPSA) is 69.4 Å². The van der Waals surface area contributed by atoms with Gasteiger partial charge >= 0.3 is 5.97 Å². The highest BCUT2D eigenvalue weighted by atomic mass is 16.6. The third-order valence-electron chi connectivity index (χ3n) is 4.36. The molecule has 0 aromatic heterocycles. The fourth-order valence-electron chi connectivity index (χ4n) is 3.61. The molecule has 2 fully saturated rings. The second-order valence-electron chi connectivity index (χ2n) is 5.63.